The summed E-state index contributed by atoms with van der Waals surface area (Å²) < 4.78 is 5.58. The van der Waals surface area contributed by atoms with E-state index in [0.29, 0.717) is 23.0 Å². The molecular formula is C23H26N4O4. The number of benzene rings is 2. The molecule has 2 N–H and O–H groups in total. The number of nitro groups is 1. The lowest BCUT2D eigenvalue weighted by Gasteiger charge is -2.35. The Labute approximate surface area is 180 Å². The smallest absolute Gasteiger partial charge is 0.270 e. The molecule has 2 aromatic carbocycles. The molecule has 3 aromatic rings. The zero-order chi connectivity index (χ0) is 21.8. The number of carbonyl (C=O) groups is 1. The van der Waals surface area contributed by atoms with Crippen molar-refractivity contribution in [2.75, 3.05) is 26.7 Å². The van der Waals surface area contributed by atoms with E-state index in [0.717, 1.165) is 37.2 Å². The van der Waals surface area contributed by atoms with Gasteiger partial charge in [0.1, 0.15) is 5.75 Å². The molecule has 0 saturated carbocycles. The predicted octanol–water partition coefficient (Wildman–Crippen LogP) is 4.04. The van der Waals surface area contributed by atoms with E-state index in [4.69, 9.17) is 4.74 Å². The number of aromatic amines is 1. The SMILES string of the molecule is COc1ccccc1C(CNC(=O)c1c[nH]c2ccc([N+](=O)[O-])cc12)N1CCCCC1. The highest BCUT2D eigenvalue weighted by Crippen LogP contribution is 2.31. The van der Waals surface area contributed by atoms with Gasteiger partial charge in [0.25, 0.3) is 11.6 Å². The van der Waals surface area contributed by atoms with Crippen molar-refractivity contribution < 1.29 is 14.5 Å². The summed E-state index contributed by atoms with van der Waals surface area (Å²) in [4.78, 5) is 29.1. The molecular weight excluding hydrogens is 396 g/mol. The number of hydrogen-bond donors (Lipinski definition) is 2. The molecule has 4 rings (SSSR count). The highest BCUT2D eigenvalue weighted by Gasteiger charge is 2.26. The summed E-state index contributed by atoms with van der Waals surface area (Å²) in [6.07, 6.45) is 5.08. The van der Waals surface area contributed by atoms with Crippen LogP contribution < -0.4 is 10.1 Å². The number of likely N-dealkylation sites (tertiary alicyclic amines) is 1. The second-order valence-electron chi connectivity index (χ2n) is 7.75. The van der Waals surface area contributed by atoms with E-state index in [1.54, 1.807) is 19.4 Å². The summed E-state index contributed by atoms with van der Waals surface area (Å²) >= 11 is 0. The molecule has 31 heavy (non-hydrogen) atoms. The molecule has 162 valence electrons. The van der Waals surface area contributed by atoms with Crippen LogP contribution >= 0.6 is 0 Å². The number of piperidine rings is 1. The second kappa shape index (κ2) is 9.18. The highest BCUT2D eigenvalue weighted by molar-refractivity contribution is 6.07. The number of nitrogens with zero attached hydrogens (tertiary/aromatic N) is 2. The number of methoxy groups -OCH3 is 1. The van der Waals surface area contributed by atoms with Crippen LogP contribution in [0, 0.1) is 10.1 Å². The topological polar surface area (TPSA) is 100 Å². The average Bonchev–Trinajstić information content (AvgIpc) is 3.23. The molecule has 1 saturated heterocycles. The first-order chi connectivity index (χ1) is 15.1. The Bertz CT molecular complexity index is 1090. The number of hydrogen-bond acceptors (Lipinski definition) is 5. The lowest BCUT2D eigenvalue weighted by atomic mass is 10.0. The first kappa shape index (κ1) is 20.9. The number of fused-ring (bicyclic) bond motifs is 1. The predicted molar refractivity (Wildman–Crippen MR) is 118 cm³/mol. The van der Waals surface area contributed by atoms with Crippen molar-refractivity contribution in [3.05, 3.63) is 69.9 Å². The number of rotatable bonds is 7. The van der Waals surface area contributed by atoms with Gasteiger partial charge in [0.2, 0.25) is 0 Å². The quantitative estimate of drug-likeness (QED) is 0.442. The van der Waals surface area contributed by atoms with Crippen molar-refractivity contribution in [1.82, 2.24) is 15.2 Å². The average molecular weight is 422 g/mol. The van der Waals surface area contributed by atoms with E-state index in [-0.39, 0.29) is 17.6 Å². The van der Waals surface area contributed by atoms with Gasteiger partial charge in [0, 0.05) is 41.3 Å². The second-order valence-corrected chi connectivity index (χ2v) is 7.75. The van der Waals surface area contributed by atoms with Gasteiger partial charge in [0.05, 0.1) is 23.6 Å². The number of non-ortho nitro benzene ring substituents is 1. The van der Waals surface area contributed by atoms with Crippen molar-refractivity contribution in [3.63, 3.8) is 0 Å². The van der Waals surface area contributed by atoms with Crippen molar-refractivity contribution in [2.24, 2.45) is 0 Å². The molecule has 8 heteroatoms. The summed E-state index contributed by atoms with van der Waals surface area (Å²) in [6, 6.07) is 12.4. The Kier molecular flexibility index (Phi) is 6.18. The number of carbonyl (C=O) groups excluding carboxylic acids is 1. The van der Waals surface area contributed by atoms with Gasteiger partial charge in [-0.3, -0.25) is 19.8 Å². The monoisotopic (exact) mass is 422 g/mol. The van der Waals surface area contributed by atoms with Crippen LogP contribution in [-0.2, 0) is 0 Å². The van der Waals surface area contributed by atoms with E-state index in [2.05, 4.69) is 15.2 Å². The Morgan fingerprint density at radius 1 is 1.23 bits per heavy atom. The van der Waals surface area contributed by atoms with Crippen LogP contribution in [-0.4, -0.2) is 47.5 Å². The molecule has 1 aliphatic heterocycles. The molecule has 0 aliphatic carbocycles. The normalized spacial score (nSPS) is 15.5. The fourth-order valence-corrected chi connectivity index (χ4v) is 4.30. The van der Waals surface area contributed by atoms with Crippen LogP contribution in [0.25, 0.3) is 10.9 Å². The Hall–Kier alpha value is -3.39. The third-order valence-corrected chi connectivity index (χ3v) is 5.91. The molecule has 0 bridgehead atoms. The van der Waals surface area contributed by atoms with Crippen molar-refractivity contribution in [3.8, 4) is 5.75 Å². The van der Waals surface area contributed by atoms with Crippen molar-refractivity contribution >= 4 is 22.5 Å². The molecule has 1 fully saturated rings. The van der Waals surface area contributed by atoms with Gasteiger partial charge in [-0.1, -0.05) is 24.6 Å². The van der Waals surface area contributed by atoms with Crippen LogP contribution in [0.3, 0.4) is 0 Å². The fraction of sp³-hybridized carbons (Fsp3) is 0.348. The van der Waals surface area contributed by atoms with E-state index in [1.165, 1.54) is 18.6 Å². The summed E-state index contributed by atoms with van der Waals surface area (Å²) in [5, 5.41) is 14.7. The van der Waals surface area contributed by atoms with Gasteiger partial charge in [-0.2, -0.15) is 0 Å². The number of aromatic nitrogens is 1. The third kappa shape index (κ3) is 4.39. The Morgan fingerprint density at radius 3 is 2.74 bits per heavy atom. The molecule has 1 unspecified atom stereocenters. The number of H-pyrrole nitrogens is 1. The molecule has 1 atom stereocenters. The number of nitrogens with one attached hydrogen (secondary N) is 2. The molecule has 1 aromatic heterocycles. The van der Waals surface area contributed by atoms with E-state index >= 15 is 0 Å². The molecule has 2 heterocycles. The van der Waals surface area contributed by atoms with Gasteiger partial charge in [0.15, 0.2) is 0 Å². The van der Waals surface area contributed by atoms with Gasteiger partial charge in [-0.15, -0.1) is 0 Å². The van der Waals surface area contributed by atoms with Crippen LogP contribution in [0.2, 0.25) is 0 Å². The highest BCUT2D eigenvalue weighted by atomic mass is 16.6. The zero-order valence-corrected chi connectivity index (χ0v) is 17.5. The summed E-state index contributed by atoms with van der Waals surface area (Å²) in [5.41, 5.74) is 2.09. The number of ether oxygens (including phenoxy) is 1. The van der Waals surface area contributed by atoms with E-state index in [1.807, 2.05) is 24.3 Å². The number of para-hydroxylation sites is 1. The van der Waals surface area contributed by atoms with E-state index in [9.17, 15) is 14.9 Å². The van der Waals surface area contributed by atoms with Crippen LogP contribution in [0.4, 0.5) is 5.69 Å². The standard InChI is InChI=1S/C23H26N4O4/c1-31-22-8-4-3-7-17(22)21(26-11-5-2-6-12-26)15-25-23(28)19-14-24-20-10-9-16(27(29)30)13-18(19)20/h3-4,7-10,13-14,21,24H,2,5-6,11-12,15H2,1H3,(H,25,28). The van der Waals surface area contributed by atoms with E-state index < -0.39 is 4.92 Å². The maximum absolute atomic E-state index is 13.0. The van der Waals surface area contributed by atoms with Gasteiger partial charge >= 0.3 is 0 Å². The minimum atomic E-state index is -0.456. The first-order valence-electron chi connectivity index (χ1n) is 10.5. The van der Waals surface area contributed by atoms with Crippen molar-refractivity contribution in [2.45, 2.75) is 25.3 Å². The maximum atomic E-state index is 13.0. The Morgan fingerprint density at radius 2 is 2.00 bits per heavy atom. The summed E-state index contributed by atoms with van der Waals surface area (Å²) in [5.74, 6) is 0.540. The van der Waals surface area contributed by atoms with Crippen LogP contribution in [0.1, 0.15) is 41.2 Å². The Balaban J connectivity index is 1.58. The van der Waals surface area contributed by atoms with Crippen molar-refractivity contribution in [1.29, 1.82) is 0 Å². The largest absolute Gasteiger partial charge is 0.496 e. The summed E-state index contributed by atoms with van der Waals surface area (Å²) in [6.45, 7) is 2.36. The fourth-order valence-electron chi connectivity index (χ4n) is 4.30. The summed E-state index contributed by atoms with van der Waals surface area (Å²) in [7, 11) is 1.66. The lowest BCUT2D eigenvalue weighted by molar-refractivity contribution is -0.384. The third-order valence-electron chi connectivity index (χ3n) is 5.91. The van der Waals surface area contributed by atoms with Gasteiger partial charge in [-0.25, -0.2) is 0 Å². The van der Waals surface area contributed by atoms with Gasteiger partial charge in [-0.05, 0) is 38.1 Å². The minimum absolute atomic E-state index is 0.0139. The molecule has 1 amide bonds. The van der Waals surface area contributed by atoms with Crippen LogP contribution in [0.5, 0.6) is 5.75 Å². The first-order valence-corrected chi connectivity index (χ1v) is 10.5. The van der Waals surface area contributed by atoms with Gasteiger partial charge < -0.3 is 15.0 Å². The molecule has 8 nitrogen and oxygen atoms in total. The number of nitro benzene ring substituents is 1. The minimum Gasteiger partial charge on any atom is -0.496 e. The molecule has 0 radical (unpaired) electrons. The number of amides is 1. The maximum Gasteiger partial charge on any atom is 0.270 e. The van der Waals surface area contributed by atoms with Crippen LogP contribution in [0.15, 0.2) is 48.7 Å². The molecule has 1 aliphatic rings. The lowest BCUT2D eigenvalue weighted by Crippen LogP contribution is -2.40. The zero-order valence-electron chi connectivity index (χ0n) is 17.5. The molecule has 0 spiro atoms.